The van der Waals surface area contributed by atoms with E-state index < -0.39 is 6.10 Å². The van der Waals surface area contributed by atoms with E-state index >= 15 is 0 Å². The van der Waals surface area contributed by atoms with Crippen LogP contribution in [-0.4, -0.2) is 10.9 Å². The fourth-order valence-corrected chi connectivity index (χ4v) is 2.76. The zero-order valence-corrected chi connectivity index (χ0v) is 11.2. The van der Waals surface area contributed by atoms with Crippen LogP contribution in [-0.2, 0) is 0 Å². The Kier molecular flexibility index (Phi) is 4.28. The Balaban J connectivity index is 2.00. The molecule has 2 aromatic carbocycles. The smallest absolute Gasteiger partial charge is 0.0903 e. The summed E-state index contributed by atoms with van der Waals surface area (Å²) in [4.78, 5) is 1.17. The average Bonchev–Trinajstić information content (AvgIpc) is 2.37. The molecule has 2 nitrogen and oxygen atoms in total. The second kappa shape index (κ2) is 5.94. The van der Waals surface area contributed by atoms with Gasteiger partial charge in [-0.2, -0.15) is 0 Å². The van der Waals surface area contributed by atoms with Crippen molar-refractivity contribution in [3.8, 4) is 0 Å². The number of para-hydroxylation sites is 1. The zero-order chi connectivity index (χ0) is 13.0. The third-order valence-electron chi connectivity index (χ3n) is 2.75. The number of nitrogen functional groups attached to an aromatic ring is 1. The third kappa shape index (κ3) is 3.28. The number of hydrogen-bond acceptors (Lipinski definition) is 3. The van der Waals surface area contributed by atoms with Crippen molar-refractivity contribution in [2.24, 2.45) is 0 Å². The molecule has 2 aromatic rings. The fourth-order valence-electron chi connectivity index (χ4n) is 1.78. The van der Waals surface area contributed by atoms with Gasteiger partial charge in [0.2, 0.25) is 0 Å². The Labute approximate surface area is 112 Å². The van der Waals surface area contributed by atoms with E-state index in [1.54, 1.807) is 11.8 Å². The van der Waals surface area contributed by atoms with Gasteiger partial charge in [0.25, 0.3) is 0 Å². The van der Waals surface area contributed by atoms with Crippen LogP contribution >= 0.6 is 11.8 Å². The van der Waals surface area contributed by atoms with Crippen molar-refractivity contribution in [3.63, 3.8) is 0 Å². The van der Waals surface area contributed by atoms with Crippen LogP contribution in [0.2, 0.25) is 0 Å². The first-order valence-corrected chi connectivity index (χ1v) is 6.87. The van der Waals surface area contributed by atoms with Crippen LogP contribution in [0.4, 0.5) is 5.69 Å². The van der Waals surface area contributed by atoms with Crippen LogP contribution in [0.25, 0.3) is 0 Å². The lowest BCUT2D eigenvalue weighted by Crippen LogP contribution is -2.04. The molecule has 0 fully saturated rings. The van der Waals surface area contributed by atoms with E-state index in [1.807, 2.05) is 30.3 Å². The lowest BCUT2D eigenvalue weighted by Gasteiger charge is -2.13. The minimum Gasteiger partial charge on any atom is -0.398 e. The van der Waals surface area contributed by atoms with Crippen LogP contribution in [0.15, 0.2) is 53.4 Å². The first-order chi connectivity index (χ1) is 8.66. The van der Waals surface area contributed by atoms with Crippen LogP contribution in [0.1, 0.15) is 17.2 Å². The zero-order valence-electron chi connectivity index (χ0n) is 10.3. The fraction of sp³-hybridized carbons (Fsp3) is 0.200. The summed E-state index contributed by atoms with van der Waals surface area (Å²) in [6, 6.07) is 15.7. The molecule has 94 valence electrons. The van der Waals surface area contributed by atoms with Gasteiger partial charge in [-0.1, -0.05) is 35.9 Å². The van der Waals surface area contributed by atoms with Gasteiger partial charge in [0.1, 0.15) is 0 Å². The average molecular weight is 259 g/mol. The first-order valence-electron chi connectivity index (χ1n) is 5.89. The molecular formula is C15H17NOS. The van der Waals surface area contributed by atoms with Gasteiger partial charge in [-0.15, -0.1) is 11.8 Å². The van der Waals surface area contributed by atoms with E-state index in [4.69, 9.17) is 5.73 Å². The van der Waals surface area contributed by atoms with Crippen LogP contribution in [0.5, 0.6) is 0 Å². The maximum Gasteiger partial charge on any atom is 0.0903 e. The first kappa shape index (κ1) is 13.0. The summed E-state index contributed by atoms with van der Waals surface area (Å²) in [6.07, 6.45) is -0.531. The summed E-state index contributed by atoms with van der Waals surface area (Å²) in [5.74, 6) is 0.609. The molecule has 3 N–H and O–H groups in total. The molecule has 0 spiro atoms. The summed E-state index contributed by atoms with van der Waals surface area (Å²) >= 11 is 1.64. The minimum atomic E-state index is -0.531. The monoisotopic (exact) mass is 259 g/mol. The summed E-state index contributed by atoms with van der Waals surface area (Å²) in [7, 11) is 0. The third-order valence-corrected chi connectivity index (χ3v) is 3.82. The van der Waals surface area contributed by atoms with Gasteiger partial charge in [-0.3, -0.25) is 0 Å². The number of thioether (sulfide) groups is 1. The summed E-state index contributed by atoms with van der Waals surface area (Å²) in [5.41, 5.74) is 8.53. The van der Waals surface area contributed by atoms with E-state index in [1.165, 1.54) is 10.5 Å². The van der Waals surface area contributed by atoms with Crippen molar-refractivity contribution in [2.75, 3.05) is 11.5 Å². The second-order valence-corrected chi connectivity index (χ2v) is 5.37. The molecule has 18 heavy (non-hydrogen) atoms. The number of aliphatic hydroxyl groups excluding tert-OH is 1. The molecule has 3 heteroatoms. The molecule has 0 heterocycles. The Bertz CT molecular complexity index is 527. The SMILES string of the molecule is Cc1cccc(SCC(O)c2ccccc2N)c1. The van der Waals surface area contributed by atoms with E-state index in [0.717, 1.165) is 5.56 Å². The van der Waals surface area contributed by atoms with E-state index in [-0.39, 0.29) is 0 Å². The van der Waals surface area contributed by atoms with E-state index in [9.17, 15) is 5.11 Å². The predicted octanol–water partition coefficient (Wildman–Crippen LogP) is 3.40. The van der Waals surface area contributed by atoms with Crippen molar-refractivity contribution in [1.82, 2.24) is 0 Å². The summed E-state index contributed by atoms with van der Waals surface area (Å²) in [5, 5.41) is 10.1. The molecule has 0 radical (unpaired) electrons. The largest absolute Gasteiger partial charge is 0.398 e. The van der Waals surface area contributed by atoms with Gasteiger partial charge in [0.05, 0.1) is 6.10 Å². The number of aryl methyl sites for hydroxylation is 1. The van der Waals surface area contributed by atoms with Crippen molar-refractivity contribution in [1.29, 1.82) is 0 Å². The highest BCUT2D eigenvalue weighted by molar-refractivity contribution is 7.99. The summed E-state index contributed by atoms with van der Waals surface area (Å²) in [6.45, 7) is 2.07. The molecule has 0 aliphatic heterocycles. The molecule has 2 rings (SSSR count). The Hall–Kier alpha value is -1.45. The van der Waals surface area contributed by atoms with Gasteiger partial charge in [0.15, 0.2) is 0 Å². The number of nitrogens with two attached hydrogens (primary N) is 1. The molecular weight excluding hydrogens is 242 g/mol. The minimum absolute atomic E-state index is 0.531. The standard InChI is InChI=1S/C15H17NOS/c1-11-5-4-6-12(9-11)18-10-15(17)13-7-2-3-8-14(13)16/h2-9,15,17H,10,16H2,1H3. The lowest BCUT2D eigenvalue weighted by molar-refractivity contribution is 0.205. The predicted molar refractivity (Wildman–Crippen MR) is 77.7 cm³/mol. The Morgan fingerprint density at radius 1 is 1.17 bits per heavy atom. The van der Waals surface area contributed by atoms with Crippen molar-refractivity contribution in [2.45, 2.75) is 17.9 Å². The van der Waals surface area contributed by atoms with E-state index in [2.05, 4.69) is 25.1 Å². The maximum absolute atomic E-state index is 10.1. The number of anilines is 1. The van der Waals surface area contributed by atoms with Crippen LogP contribution in [0, 0.1) is 6.92 Å². The van der Waals surface area contributed by atoms with Crippen LogP contribution < -0.4 is 5.73 Å². The van der Waals surface area contributed by atoms with Gasteiger partial charge in [-0.05, 0) is 25.1 Å². The Morgan fingerprint density at radius 3 is 2.67 bits per heavy atom. The highest BCUT2D eigenvalue weighted by atomic mass is 32.2. The quantitative estimate of drug-likeness (QED) is 0.653. The second-order valence-electron chi connectivity index (χ2n) is 4.27. The maximum atomic E-state index is 10.1. The Morgan fingerprint density at radius 2 is 1.94 bits per heavy atom. The van der Waals surface area contributed by atoms with Gasteiger partial charge in [0, 0.05) is 21.9 Å². The topological polar surface area (TPSA) is 46.2 Å². The number of benzene rings is 2. The normalized spacial score (nSPS) is 12.3. The van der Waals surface area contributed by atoms with Crippen molar-refractivity contribution >= 4 is 17.4 Å². The number of aliphatic hydroxyl groups is 1. The highest BCUT2D eigenvalue weighted by Gasteiger charge is 2.10. The van der Waals surface area contributed by atoms with Gasteiger partial charge >= 0.3 is 0 Å². The molecule has 1 atom stereocenters. The molecule has 0 saturated heterocycles. The van der Waals surface area contributed by atoms with Gasteiger partial charge < -0.3 is 10.8 Å². The molecule has 0 aliphatic carbocycles. The number of rotatable bonds is 4. The van der Waals surface area contributed by atoms with E-state index in [0.29, 0.717) is 11.4 Å². The van der Waals surface area contributed by atoms with Gasteiger partial charge in [-0.25, -0.2) is 0 Å². The lowest BCUT2D eigenvalue weighted by atomic mass is 10.1. The van der Waals surface area contributed by atoms with Crippen molar-refractivity contribution in [3.05, 3.63) is 59.7 Å². The molecule has 0 saturated carbocycles. The molecule has 0 amide bonds. The molecule has 0 aromatic heterocycles. The van der Waals surface area contributed by atoms with Crippen LogP contribution in [0.3, 0.4) is 0 Å². The highest BCUT2D eigenvalue weighted by Crippen LogP contribution is 2.27. The number of hydrogen-bond donors (Lipinski definition) is 2. The molecule has 1 unspecified atom stereocenters. The van der Waals surface area contributed by atoms with Crippen molar-refractivity contribution < 1.29 is 5.11 Å². The molecule has 0 aliphatic rings. The molecule has 0 bridgehead atoms. The summed E-state index contributed by atoms with van der Waals surface area (Å²) < 4.78 is 0.